The third-order valence-electron chi connectivity index (χ3n) is 5.40. The summed E-state index contributed by atoms with van der Waals surface area (Å²) in [6.07, 6.45) is 6.98. The van der Waals surface area contributed by atoms with E-state index >= 15 is 0 Å². The van der Waals surface area contributed by atoms with Gasteiger partial charge in [-0.3, -0.25) is 0 Å². The van der Waals surface area contributed by atoms with Gasteiger partial charge in [0.15, 0.2) is 0 Å². The zero-order valence-electron chi connectivity index (χ0n) is 18.9. The minimum absolute atomic E-state index is 0.0127. The SMILES string of the molecule is CCc1cnc(N[C@H]2CCCN(C(=O)OC(C)(C)C)C2)nc1-c1c[nH]c2ncc(F)cc12. The Morgan fingerprint density at radius 1 is 1.34 bits per heavy atom. The highest BCUT2D eigenvalue weighted by molar-refractivity contribution is 5.93. The highest BCUT2D eigenvalue weighted by Gasteiger charge is 2.28. The van der Waals surface area contributed by atoms with Crippen molar-refractivity contribution in [2.24, 2.45) is 0 Å². The summed E-state index contributed by atoms with van der Waals surface area (Å²) in [6, 6.07) is 1.47. The van der Waals surface area contributed by atoms with Gasteiger partial charge < -0.3 is 19.9 Å². The van der Waals surface area contributed by atoms with Crippen LogP contribution in [0, 0.1) is 5.82 Å². The molecule has 1 fully saturated rings. The Kier molecular flexibility index (Phi) is 5.99. The van der Waals surface area contributed by atoms with E-state index in [1.54, 1.807) is 17.3 Å². The lowest BCUT2D eigenvalue weighted by molar-refractivity contribution is 0.0206. The minimum Gasteiger partial charge on any atom is -0.444 e. The van der Waals surface area contributed by atoms with Gasteiger partial charge in [0.05, 0.1) is 11.9 Å². The second kappa shape index (κ2) is 8.72. The van der Waals surface area contributed by atoms with Gasteiger partial charge in [0.25, 0.3) is 0 Å². The summed E-state index contributed by atoms with van der Waals surface area (Å²) in [5.74, 6) is 0.0835. The monoisotopic (exact) mass is 440 g/mol. The lowest BCUT2D eigenvalue weighted by Gasteiger charge is -2.34. The van der Waals surface area contributed by atoms with Crippen molar-refractivity contribution in [2.75, 3.05) is 18.4 Å². The van der Waals surface area contributed by atoms with Crippen molar-refractivity contribution in [3.8, 4) is 11.3 Å². The van der Waals surface area contributed by atoms with E-state index < -0.39 is 11.4 Å². The fourth-order valence-corrected chi connectivity index (χ4v) is 3.91. The lowest BCUT2D eigenvalue weighted by atomic mass is 10.1. The number of carbonyl (C=O) groups is 1. The van der Waals surface area contributed by atoms with Gasteiger partial charge in [-0.1, -0.05) is 6.92 Å². The van der Waals surface area contributed by atoms with E-state index in [9.17, 15) is 9.18 Å². The molecule has 1 aliphatic heterocycles. The van der Waals surface area contributed by atoms with Crippen molar-refractivity contribution < 1.29 is 13.9 Å². The molecule has 0 saturated carbocycles. The molecule has 2 N–H and O–H groups in total. The number of nitrogens with zero attached hydrogens (tertiary/aromatic N) is 4. The average molecular weight is 441 g/mol. The van der Waals surface area contributed by atoms with Crippen LogP contribution in [0.4, 0.5) is 15.1 Å². The summed E-state index contributed by atoms with van der Waals surface area (Å²) in [4.78, 5) is 30.6. The molecule has 9 heteroatoms. The Morgan fingerprint density at radius 2 is 2.16 bits per heavy atom. The molecule has 170 valence electrons. The summed E-state index contributed by atoms with van der Waals surface area (Å²) < 4.78 is 19.3. The highest BCUT2D eigenvalue weighted by atomic mass is 19.1. The molecule has 1 saturated heterocycles. The highest BCUT2D eigenvalue weighted by Crippen LogP contribution is 2.30. The Bertz CT molecular complexity index is 1120. The molecular weight excluding hydrogens is 411 g/mol. The van der Waals surface area contributed by atoms with Crippen molar-refractivity contribution in [2.45, 2.75) is 58.6 Å². The second-order valence-electron chi connectivity index (χ2n) is 9.08. The molecule has 0 bridgehead atoms. The second-order valence-corrected chi connectivity index (χ2v) is 9.08. The third-order valence-corrected chi connectivity index (χ3v) is 5.40. The zero-order valence-corrected chi connectivity index (χ0v) is 18.9. The Hall–Kier alpha value is -3.23. The molecule has 1 aliphatic rings. The number of hydrogen-bond acceptors (Lipinski definition) is 6. The average Bonchev–Trinajstić information content (AvgIpc) is 3.15. The van der Waals surface area contributed by atoms with Gasteiger partial charge in [-0.25, -0.2) is 24.1 Å². The van der Waals surface area contributed by atoms with Gasteiger partial charge in [0.2, 0.25) is 5.95 Å². The van der Waals surface area contributed by atoms with Gasteiger partial charge >= 0.3 is 6.09 Å². The van der Waals surface area contributed by atoms with Crippen LogP contribution in [-0.4, -0.2) is 55.7 Å². The summed E-state index contributed by atoms with van der Waals surface area (Å²) in [7, 11) is 0. The largest absolute Gasteiger partial charge is 0.444 e. The lowest BCUT2D eigenvalue weighted by Crippen LogP contribution is -2.47. The molecule has 8 nitrogen and oxygen atoms in total. The standard InChI is InChI=1S/C23H29FN6O2/c1-5-14-10-27-21(28-16-7-6-8-30(13-16)22(31)32-23(2,3)4)29-19(14)18-12-26-20-17(18)9-15(24)11-25-20/h9-12,16H,5-8,13H2,1-4H3,(H,25,26)(H,27,28,29)/t16-/m0/s1. The first kappa shape index (κ1) is 22.0. The number of fused-ring (bicyclic) bond motifs is 1. The molecular formula is C23H29FN6O2. The number of rotatable bonds is 4. The van der Waals surface area contributed by atoms with E-state index in [0.29, 0.717) is 30.1 Å². The molecule has 3 aromatic rings. The Balaban J connectivity index is 1.56. The topological polar surface area (TPSA) is 96.0 Å². The molecule has 4 heterocycles. The fraction of sp³-hybridized carbons (Fsp3) is 0.478. The summed E-state index contributed by atoms with van der Waals surface area (Å²) in [6.45, 7) is 8.81. The van der Waals surface area contributed by atoms with Crippen molar-refractivity contribution in [1.29, 1.82) is 0 Å². The van der Waals surface area contributed by atoms with Crippen LogP contribution in [0.2, 0.25) is 0 Å². The van der Waals surface area contributed by atoms with Gasteiger partial charge in [0, 0.05) is 42.5 Å². The quantitative estimate of drug-likeness (QED) is 0.619. The number of nitrogens with one attached hydrogen (secondary N) is 2. The molecule has 1 atom stereocenters. The Labute approximate surface area is 186 Å². The van der Waals surface area contributed by atoms with Gasteiger partial charge in [-0.15, -0.1) is 0 Å². The van der Waals surface area contributed by atoms with E-state index in [1.165, 1.54) is 12.3 Å². The van der Waals surface area contributed by atoms with Crippen LogP contribution in [0.5, 0.6) is 0 Å². The predicted molar refractivity (Wildman–Crippen MR) is 121 cm³/mol. The van der Waals surface area contributed by atoms with Crippen molar-refractivity contribution in [3.63, 3.8) is 0 Å². The normalized spacial score (nSPS) is 16.9. The molecule has 0 aliphatic carbocycles. The summed E-state index contributed by atoms with van der Waals surface area (Å²) in [5.41, 5.74) is 2.56. The van der Waals surface area contributed by atoms with Crippen LogP contribution in [0.1, 0.15) is 46.1 Å². The van der Waals surface area contributed by atoms with Crippen LogP contribution in [0.15, 0.2) is 24.7 Å². The number of anilines is 1. The van der Waals surface area contributed by atoms with Crippen molar-refractivity contribution in [1.82, 2.24) is 24.8 Å². The number of halogens is 1. The number of H-pyrrole nitrogens is 1. The van der Waals surface area contributed by atoms with Crippen LogP contribution < -0.4 is 5.32 Å². The van der Waals surface area contributed by atoms with E-state index in [2.05, 4.69) is 20.3 Å². The van der Waals surface area contributed by atoms with Crippen LogP contribution >= 0.6 is 0 Å². The van der Waals surface area contributed by atoms with E-state index in [1.807, 2.05) is 27.7 Å². The maximum absolute atomic E-state index is 13.8. The number of amides is 1. The molecule has 0 aromatic carbocycles. The third kappa shape index (κ3) is 4.81. The summed E-state index contributed by atoms with van der Waals surface area (Å²) >= 11 is 0. The number of pyridine rings is 1. The number of aromatic nitrogens is 4. The van der Waals surface area contributed by atoms with E-state index in [4.69, 9.17) is 9.72 Å². The predicted octanol–water partition coefficient (Wildman–Crippen LogP) is 4.53. The maximum Gasteiger partial charge on any atom is 0.410 e. The summed E-state index contributed by atoms with van der Waals surface area (Å²) in [5, 5.41) is 4.05. The number of piperidine rings is 1. The number of aryl methyl sites for hydroxylation is 1. The number of ether oxygens (including phenoxy) is 1. The number of carbonyl (C=O) groups excluding carboxylic acids is 1. The molecule has 3 aromatic heterocycles. The smallest absolute Gasteiger partial charge is 0.410 e. The molecule has 1 amide bonds. The zero-order chi connectivity index (χ0) is 22.9. The van der Waals surface area contributed by atoms with Crippen LogP contribution in [0.25, 0.3) is 22.3 Å². The molecule has 32 heavy (non-hydrogen) atoms. The number of likely N-dealkylation sites (tertiary alicyclic amines) is 1. The van der Waals surface area contributed by atoms with E-state index in [0.717, 1.165) is 36.1 Å². The first-order chi connectivity index (χ1) is 15.2. The number of aromatic amines is 1. The molecule has 4 rings (SSSR count). The van der Waals surface area contributed by atoms with Crippen LogP contribution in [-0.2, 0) is 11.2 Å². The van der Waals surface area contributed by atoms with E-state index in [-0.39, 0.29) is 12.1 Å². The molecule has 0 spiro atoms. The first-order valence-electron chi connectivity index (χ1n) is 11.0. The van der Waals surface area contributed by atoms with Crippen molar-refractivity contribution >= 4 is 23.1 Å². The minimum atomic E-state index is -0.529. The number of hydrogen-bond donors (Lipinski definition) is 2. The first-order valence-corrected chi connectivity index (χ1v) is 11.0. The van der Waals surface area contributed by atoms with Gasteiger partial charge in [-0.05, 0) is 51.7 Å². The van der Waals surface area contributed by atoms with Gasteiger partial charge in [-0.2, -0.15) is 0 Å². The van der Waals surface area contributed by atoms with Gasteiger partial charge in [0.1, 0.15) is 17.1 Å². The Morgan fingerprint density at radius 3 is 2.91 bits per heavy atom. The van der Waals surface area contributed by atoms with Crippen LogP contribution in [0.3, 0.4) is 0 Å². The fourth-order valence-electron chi connectivity index (χ4n) is 3.91. The maximum atomic E-state index is 13.8. The molecule has 0 unspecified atom stereocenters. The van der Waals surface area contributed by atoms with Crippen molar-refractivity contribution in [3.05, 3.63) is 36.0 Å². The molecule has 0 radical (unpaired) electrons.